The van der Waals surface area contributed by atoms with Crippen LogP contribution in [-0.2, 0) is 4.79 Å². The second-order valence-corrected chi connectivity index (χ2v) is 5.12. The molecule has 0 aromatic heterocycles. The minimum absolute atomic E-state index is 0.0762. The molecule has 1 aliphatic rings. The van der Waals surface area contributed by atoms with Crippen molar-refractivity contribution in [3.05, 3.63) is 29.8 Å². The van der Waals surface area contributed by atoms with Crippen LogP contribution in [0.3, 0.4) is 0 Å². The summed E-state index contributed by atoms with van der Waals surface area (Å²) in [5.41, 5.74) is 1.15. The molecule has 1 atom stereocenters. The van der Waals surface area contributed by atoms with Crippen LogP contribution in [0.2, 0.25) is 0 Å². The molecule has 0 saturated heterocycles. The van der Waals surface area contributed by atoms with Crippen LogP contribution in [0.5, 0.6) is 5.75 Å². The van der Waals surface area contributed by atoms with Crippen molar-refractivity contribution < 1.29 is 9.53 Å². The Hall–Kier alpha value is -1.55. The van der Waals surface area contributed by atoms with Crippen molar-refractivity contribution in [2.45, 2.75) is 25.8 Å². The number of ether oxygens (including phenoxy) is 1. The summed E-state index contributed by atoms with van der Waals surface area (Å²) in [5.74, 6) is 1.65. The number of amides is 1. The highest BCUT2D eigenvalue weighted by atomic mass is 16.5. The van der Waals surface area contributed by atoms with Crippen LogP contribution >= 0.6 is 0 Å². The third-order valence-electron chi connectivity index (χ3n) is 3.47. The summed E-state index contributed by atoms with van der Waals surface area (Å²) in [7, 11) is 1.65. The number of nitrogens with one attached hydrogen (secondary N) is 2. The average molecular weight is 262 g/mol. The zero-order valence-corrected chi connectivity index (χ0v) is 11.6. The first-order valence-electron chi connectivity index (χ1n) is 6.83. The summed E-state index contributed by atoms with van der Waals surface area (Å²) >= 11 is 0. The third-order valence-corrected chi connectivity index (χ3v) is 3.47. The Morgan fingerprint density at radius 1 is 1.37 bits per heavy atom. The van der Waals surface area contributed by atoms with Crippen molar-refractivity contribution in [2.24, 2.45) is 5.92 Å². The van der Waals surface area contributed by atoms with Gasteiger partial charge in [0.2, 0.25) is 5.91 Å². The highest BCUT2D eigenvalue weighted by Gasteiger charge is 2.21. The highest BCUT2D eigenvalue weighted by molar-refractivity contribution is 5.78. The lowest BCUT2D eigenvalue weighted by Gasteiger charge is -2.14. The maximum Gasteiger partial charge on any atom is 0.233 e. The van der Waals surface area contributed by atoms with Gasteiger partial charge in [0.15, 0.2) is 0 Å². The first-order chi connectivity index (χ1) is 9.19. The van der Waals surface area contributed by atoms with E-state index in [9.17, 15) is 4.79 Å². The van der Waals surface area contributed by atoms with Crippen molar-refractivity contribution in [1.29, 1.82) is 0 Å². The Balaban J connectivity index is 1.72. The number of hydrogen-bond donors (Lipinski definition) is 2. The van der Waals surface area contributed by atoms with E-state index < -0.39 is 0 Å². The van der Waals surface area contributed by atoms with Crippen LogP contribution in [0.4, 0.5) is 0 Å². The molecule has 1 aromatic carbocycles. The number of carbonyl (C=O) groups is 1. The molecule has 0 radical (unpaired) electrons. The Kier molecular flexibility index (Phi) is 4.80. The van der Waals surface area contributed by atoms with E-state index in [1.807, 2.05) is 24.3 Å². The summed E-state index contributed by atoms with van der Waals surface area (Å²) in [6.45, 7) is 3.24. The van der Waals surface area contributed by atoms with E-state index in [-0.39, 0.29) is 11.9 Å². The van der Waals surface area contributed by atoms with Gasteiger partial charge in [0.05, 0.1) is 13.7 Å². The largest absolute Gasteiger partial charge is 0.497 e. The van der Waals surface area contributed by atoms with E-state index >= 15 is 0 Å². The molecule has 1 fully saturated rings. The molecule has 0 aliphatic heterocycles. The number of hydrogen-bond acceptors (Lipinski definition) is 3. The smallest absolute Gasteiger partial charge is 0.233 e. The third kappa shape index (κ3) is 4.56. The lowest BCUT2D eigenvalue weighted by atomic mass is 10.1. The van der Waals surface area contributed by atoms with Gasteiger partial charge in [-0.05, 0) is 43.4 Å². The standard InChI is InChI=1S/C15H22N2O2/c1-11(13-5-7-14(19-2)8-6-13)16-10-15(18)17-9-12-3-4-12/h5-8,11-12,16H,3-4,9-10H2,1-2H3,(H,17,18)/t11-/m1/s1. The van der Waals surface area contributed by atoms with Crippen LogP contribution in [0.1, 0.15) is 31.4 Å². The van der Waals surface area contributed by atoms with E-state index in [4.69, 9.17) is 4.74 Å². The van der Waals surface area contributed by atoms with Gasteiger partial charge >= 0.3 is 0 Å². The molecule has 104 valence electrons. The number of rotatable bonds is 7. The Labute approximate surface area is 114 Å². The minimum Gasteiger partial charge on any atom is -0.497 e. The zero-order chi connectivity index (χ0) is 13.7. The molecule has 2 rings (SSSR count). The summed E-state index contributed by atoms with van der Waals surface area (Å²) in [4.78, 5) is 11.6. The van der Waals surface area contributed by atoms with Crippen LogP contribution in [0.25, 0.3) is 0 Å². The fraction of sp³-hybridized carbons (Fsp3) is 0.533. The lowest BCUT2D eigenvalue weighted by molar-refractivity contribution is -0.120. The fourth-order valence-corrected chi connectivity index (χ4v) is 1.90. The maximum atomic E-state index is 11.6. The minimum atomic E-state index is 0.0762. The van der Waals surface area contributed by atoms with Gasteiger partial charge in [0.25, 0.3) is 0 Å². The second kappa shape index (κ2) is 6.57. The highest BCUT2D eigenvalue weighted by Crippen LogP contribution is 2.27. The van der Waals surface area contributed by atoms with E-state index in [0.29, 0.717) is 6.54 Å². The van der Waals surface area contributed by atoms with Crippen molar-refractivity contribution in [1.82, 2.24) is 10.6 Å². The molecule has 1 aromatic rings. The van der Waals surface area contributed by atoms with Gasteiger partial charge in [0, 0.05) is 12.6 Å². The molecule has 0 unspecified atom stereocenters. The average Bonchev–Trinajstić information content (AvgIpc) is 3.26. The quantitative estimate of drug-likeness (QED) is 0.788. The SMILES string of the molecule is COc1ccc([C@@H](C)NCC(=O)NCC2CC2)cc1. The molecule has 0 bridgehead atoms. The normalized spacial score (nSPS) is 15.9. The number of benzene rings is 1. The molecule has 4 nitrogen and oxygen atoms in total. The fourth-order valence-electron chi connectivity index (χ4n) is 1.90. The van der Waals surface area contributed by atoms with Gasteiger partial charge < -0.3 is 15.4 Å². The maximum absolute atomic E-state index is 11.6. The van der Waals surface area contributed by atoms with Gasteiger partial charge in [-0.2, -0.15) is 0 Å². The molecule has 1 saturated carbocycles. The Morgan fingerprint density at radius 3 is 2.63 bits per heavy atom. The van der Waals surface area contributed by atoms with Crippen molar-refractivity contribution >= 4 is 5.91 Å². The van der Waals surface area contributed by atoms with E-state index in [2.05, 4.69) is 17.6 Å². The lowest BCUT2D eigenvalue weighted by Crippen LogP contribution is -2.36. The van der Waals surface area contributed by atoms with Crippen molar-refractivity contribution in [3.8, 4) is 5.75 Å². The first kappa shape index (κ1) is 13.9. The van der Waals surface area contributed by atoms with Gasteiger partial charge in [0.1, 0.15) is 5.75 Å². The van der Waals surface area contributed by atoms with Gasteiger partial charge in [-0.25, -0.2) is 0 Å². The Bertz CT molecular complexity index is 413. The summed E-state index contributed by atoms with van der Waals surface area (Å²) < 4.78 is 5.12. The molecule has 0 heterocycles. The molecule has 0 spiro atoms. The topological polar surface area (TPSA) is 50.4 Å². The Morgan fingerprint density at radius 2 is 2.05 bits per heavy atom. The van der Waals surface area contributed by atoms with Crippen molar-refractivity contribution in [2.75, 3.05) is 20.2 Å². The molecule has 4 heteroatoms. The van der Waals surface area contributed by atoms with Crippen LogP contribution in [-0.4, -0.2) is 26.1 Å². The van der Waals surface area contributed by atoms with E-state index in [1.54, 1.807) is 7.11 Å². The summed E-state index contributed by atoms with van der Waals surface area (Å²) in [5, 5.41) is 6.18. The predicted octanol–water partition coefficient (Wildman–Crippen LogP) is 1.87. The predicted molar refractivity (Wildman–Crippen MR) is 75.1 cm³/mol. The number of carbonyl (C=O) groups excluding carboxylic acids is 1. The van der Waals surface area contributed by atoms with E-state index in [0.717, 1.165) is 23.8 Å². The van der Waals surface area contributed by atoms with Crippen molar-refractivity contribution in [3.63, 3.8) is 0 Å². The number of methoxy groups -OCH3 is 1. The molecular formula is C15H22N2O2. The zero-order valence-electron chi connectivity index (χ0n) is 11.6. The molecule has 19 heavy (non-hydrogen) atoms. The molecule has 1 aliphatic carbocycles. The monoisotopic (exact) mass is 262 g/mol. The van der Waals surface area contributed by atoms with Crippen LogP contribution < -0.4 is 15.4 Å². The van der Waals surface area contributed by atoms with Gasteiger partial charge in [-0.1, -0.05) is 12.1 Å². The first-order valence-corrected chi connectivity index (χ1v) is 6.83. The van der Waals surface area contributed by atoms with Crippen LogP contribution in [0.15, 0.2) is 24.3 Å². The van der Waals surface area contributed by atoms with E-state index in [1.165, 1.54) is 12.8 Å². The molecular weight excluding hydrogens is 240 g/mol. The second-order valence-electron chi connectivity index (χ2n) is 5.12. The molecule has 1 amide bonds. The summed E-state index contributed by atoms with van der Waals surface area (Å²) in [6, 6.07) is 8.04. The van der Waals surface area contributed by atoms with Gasteiger partial charge in [-0.3, -0.25) is 4.79 Å². The van der Waals surface area contributed by atoms with Gasteiger partial charge in [-0.15, -0.1) is 0 Å². The summed E-state index contributed by atoms with van der Waals surface area (Å²) in [6.07, 6.45) is 2.52. The molecule has 2 N–H and O–H groups in total. The van der Waals surface area contributed by atoms with Crippen LogP contribution in [0, 0.1) is 5.92 Å².